The van der Waals surface area contributed by atoms with Gasteiger partial charge in [-0.15, -0.1) is 0 Å². The Kier molecular flexibility index (Phi) is 4.29. The van der Waals surface area contributed by atoms with E-state index in [4.69, 9.17) is 5.73 Å². The third-order valence-corrected chi connectivity index (χ3v) is 5.30. The quantitative estimate of drug-likeness (QED) is 0.831. The van der Waals surface area contributed by atoms with Crippen molar-refractivity contribution in [3.63, 3.8) is 0 Å². The fourth-order valence-electron chi connectivity index (χ4n) is 1.81. The molecule has 0 heterocycles. The summed E-state index contributed by atoms with van der Waals surface area (Å²) in [5.74, 6) is -3.97. The van der Waals surface area contributed by atoms with E-state index in [0.717, 1.165) is 18.2 Å². The van der Waals surface area contributed by atoms with E-state index in [-0.39, 0.29) is 15.7 Å². The maximum absolute atomic E-state index is 13.7. The molecule has 0 bridgehead atoms. The van der Waals surface area contributed by atoms with Gasteiger partial charge in [0.1, 0.15) is 22.3 Å². The molecule has 3 nitrogen and oxygen atoms in total. The number of halogens is 4. The molecule has 0 saturated heterocycles. The smallest absolute Gasteiger partial charge is 0.188 e. The van der Waals surface area contributed by atoms with Crippen LogP contribution in [0, 0.1) is 17.5 Å². The largest absolute Gasteiger partial charge is 0.399 e. The standard InChI is InChI=1S/C13H9BrF3NO2S/c14-12-7(2-1-3-9(12)15)6-21(19,20)13-10(16)4-8(18)5-11(13)17/h1-5H,6,18H2. The van der Waals surface area contributed by atoms with Crippen molar-refractivity contribution in [2.45, 2.75) is 10.6 Å². The summed E-state index contributed by atoms with van der Waals surface area (Å²) in [5, 5.41) is 0. The van der Waals surface area contributed by atoms with Gasteiger partial charge in [-0.1, -0.05) is 12.1 Å². The predicted octanol–water partition coefficient (Wildman–Crippen LogP) is 3.42. The molecule has 2 N–H and O–H groups in total. The van der Waals surface area contributed by atoms with Crippen LogP contribution in [-0.2, 0) is 15.6 Å². The number of hydrogen-bond acceptors (Lipinski definition) is 3. The molecule has 0 aromatic heterocycles. The second-order valence-electron chi connectivity index (χ2n) is 4.29. The van der Waals surface area contributed by atoms with Crippen molar-refractivity contribution in [3.05, 3.63) is 57.8 Å². The summed E-state index contributed by atoms with van der Waals surface area (Å²) in [6.45, 7) is 0. The Morgan fingerprint density at radius 3 is 2.19 bits per heavy atom. The first-order chi connectivity index (χ1) is 9.72. The fourth-order valence-corrected chi connectivity index (χ4v) is 3.91. The van der Waals surface area contributed by atoms with Gasteiger partial charge in [-0.2, -0.15) is 0 Å². The summed E-state index contributed by atoms with van der Waals surface area (Å²) >= 11 is 2.91. The van der Waals surface area contributed by atoms with Crippen LogP contribution in [0.2, 0.25) is 0 Å². The highest BCUT2D eigenvalue weighted by molar-refractivity contribution is 9.10. The van der Waals surface area contributed by atoms with Gasteiger partial charge in [0.2, 0.25) is 0 Å². The number of rotatable bonds is 3. The van der Waals surface area contributed by atoms with E-state index in [2.05, 4.69) is 15.9 Å². The molecular formula is C13H9BrF3NO2S. The molecule has 0 aliphatic heterocycles. The van der Waals surface area contributed by atoms with Crippen LogP contribution in [0.5, 0.6) is 0 Å². The third-order valence-electron chi connectivity index (χ3n) is 2.71. The molecule has 0 aliphatic rings. The Labute approximate surface area is 127 Å². The zero-order valence-corrected chi connectivity index (χ0v) is 12.8. The predicted molar refractivity (Wildman–Crippen MR) is 75.8 cm³/mol. The molecule has 112 valence electrons. The van der Waals surface area contributed by atoms with Gasteiger partial charge in [-0.25, -0.2) is 21.6 Å². The number of sulfone groups is 1. The lowest BCUT2D eigenvalue weighted by atomic mass is 10.2. The molecule has 0 spiro atoms. The lowest BCUT2D eigenvalue weighted by molar-refractivity contribution is 0.520. The van der Waals surface area contributed by atoms with E-state index in [9.17, 15) is 21.6 Å². The second kappa shape index (κ2) is 5.69. The zero-order chi connectivity index (χ0) is 15.8. The molecule has 0 amide bonds. The number of nitrogen functional groups attached to an aromatic ring is 1. The van der Waals surface area contributed by atoms with E-state index >= 15 is 0 Å². The highest BCUT2D eigenvalue weighted by Crippen LogP contribution is 2.28. The van der Waals surface area contributed by atoms with Crippen LogP contribution in [0.3, 0.4) is 0 Å². The van der Waals surface area contributed by atoms with Crippen molar-refractivity contribution < 1.29 is 21.6 Å². The summed E-state index contributed by atoms with van der Waals surface area (Å²) in [7, 11) is -4.33. The Balaban J connectivity index is 2.51. The molecule has 0 radical (unpaired) electrons. The number of anilines is 1. The van der Waals surface area contributed by atoms with Gasteiger partial charge < -0.3 is 5.73 Å². The molecule has 8 heteroatoms. The fraction of sp³-hybridized carbons (Fsp3) is 0.0769. The van der Waals surface area contributed by atoms with E-state index in [1.54, 1.807) is 0 Å². The molecule has 21 heavy (non-hydrogen) atoms. The van der Waals surface area contributed by atoms with Crippen LogP contribution >= 0.6 is 15.9 Å². The van der Waals surface area contributed by atoms with Crippen molar-refractivity contribution in [3.8, 4) is 0 Å². The molecule has 0 aliphatic carbocycles. The summed E-state index contributed by atoms with van der Waals surface area (Å²) < 4.78 is 65.0. The topological polar surface area (TPSA) is 60.2 Å². The first-order valence-electron chi connectivity index (χ1n) is 5.62. The van der Waals surface area contributed by atoms with Crippen molar-refractivity contribution in [1.82, 2.24) is 0 Å². The summed E-state index contributed by atoms with van der Waals surface area (Å²) in [4.78, 5) is -1.08. The lowest BCUT2D eigenvalue weighted by Crippen LogP contribution is -2.11. The average Bonchev–Trinajstić information content (AvgIpc) is 2.33. The van der Waals surface area contributed by atoms with Crippen LogP contribution in [0.15, 0.2) is 39.7 Å². The van der Waals surface area contributed by atoms with Gasteiger partial charge in [0, 0.05) is 5.69 Å². The SMILES string of the molecule is Nc1cc(F)c(S(=O)(=O)Cc2cccc(F)c2Br)c(F)c1. The molecule has 2 rings (SSSR count). The van der Waals surface area contributed by atoms with Gasteiger partial charge in [-0.05, 0) is 39.7 Å². The maximum atomic E-state index is 13.7. The molecule has 0 saturated carbocycles. The van der Waals surface area contributed by atoms with Gasteiger partial charge in [0.05, 0.1) is 10.2 Å². The minimum atomic E-state index is -4.33. The highest BCUT2D eigenvalue weighted by atomic mass is 79.9. The molecule has 0 unspecified atom stereocenters. The van der Waals surface area contributed by atoms with E-state index in [0.29, 0.717) is 0 Å². The highest BCUT2D eigenvalue weighted by Gasteiger charge is 2.26. The number of nitrogens with two attached hydrogens (primary N) is 1. The number of hydrogen-bond donors (Lipinski definition) is 1. The third kappa shape index (κ3) is 3.21. The molecule has 0 atom stereocenters. The average molecular weight is 380 g/mol. The Hall–Kier alpha value is -1.54. The lowest BCUT2D eigenvalue weighted by Gasteiger charge is -2.09. The van der Waals surface area contributed by atoms with Crippen molar-refractivity contribution in [2.24, 2.45) is 0 Å². The van der Waals surface area contributed by atoms with E-state index in [1.165, 1.54) is 12.1 Å². The van der Waals surface area contributed by atoms with Gasteiger partial charge in [0.25, 0.3) is 0 Å². The van der Waals surface area contributed by atoms with E-state index < -0.39 is 37.9 Å². The van der Waals surface area contributed by atoms with Crippen LogP contribution < -0.4 is 5.73 Å². The Morgan fingerprint density at radius 1 is 1.05 bits per heavy atom. The Morgan fingerprint density at radius 2 is 1.62 bits per heavy atom. The van der Waals surface area contributed by atoms with Crippen molar-refractivity contribution in [1.29, 1.82) is 0 Å². The monoisotopic (exact) mass is 379 g/mol. The maximum Gasteiger partial charge on any atom is 0.188 e. The van der Waals surface area contributed by atoms with Crippen LogP contribution in [-0.4, -0.2) is 8.42 Å². The molecule has 0 fully saturated rings. The van der Waals surface area contributed by atoms with Gasteiger partial charge >= 0.3 is 0 Å². The normalized spacial score (nSPS) is 11.6. The molecule has 2 aromatic carbocycles. The summed E-state index contributed by atoms with van der Waals surface area (Å²) in [5.41, 5.74) is 5.07. The van der Waals surface area contributed by atoms with Crippen LogP contribution in [0.4, 0.5) is 18.9 Å². The molecule has 2 aromatic rings. The molecular weight excluding hydrogens is 371 g/mol. The minimum Gasteiger partial charge on any atom is -0.399 e. The minimum absolute atomic E-state index is 0.0608. The van der Waals surface area contributed by atoms with Crippen LogP contribution in [0.25, 0.3) is 0 Å². The summed E-state index contributed by atoms with van der Waals surface area (Å²) in [6.07, 6.45) is 0. The van der Waals surface area contributed by atoms with Crippen molar-refractivity contribution >= 4 is 31.5 Å². The Bertz CT molecular complexity index is 786. The van der Waals surface area contributed by atoms with E-state index in [1.807, 2.05) is 0 Å². The first-order valence-corrected chi connectivity index (χ1v) is 8.07. The van der Waals surface area contributed by atoms with Crippen LogP contribution in [0.1, 0.15) is 5.56 Å². The second-order valence-corrected chi connectivity index (χ2v) is 7.01. The number of benzene rings is 2. The first kappa shape index (κ1) is 15.8. The van der Waals surface area contributed by atoms with Gasteiger partial charge in [0.15, 0.2) is 9.84 Å². The van der Waals surface area contributed by atoms with Crippen molar-refractivity contribution in [2.75, 3.05) is 5.73 Å². The zero-order valence-electron chi connectivity index (χ0n) is 10.4. The van der Waals surface area contributed by atoms with Gasteiger partial charge in [-0.3, -0.25) is 0 Å². The summed E-state index contributed by atoms with van der Waals surface area (Å²) in [6, 6.07) is 5.22.